The van der Waals surface area contributed by atoms with E-state index < -0.39 is 4.92 Å². The standard InChI is InChI=1S/C16H20N2O4/c1-12(8-9-19)10-17-11-13-6-7-16(22-13)14-4-2-3-5-15(14)18(20)21/h2-7,12,17,19H,8-11H2,1H3. The lowest BCUT2D eigenvalue weighted by atomic mass is 10.1. The van der Waals surface area contributed by atoms with Gasteiger partial charge in [-0.1, -0.05) is 19.1 Å². The monoisotopic (exact) mass is 304 g/mol. The summed E-state index contributed by atoms with van der Waals surface area (Å²) in [7, 11) is 0. The molecule has 6 heteroatoms. The summed E-state index contributed by atoms with van der Waals surface area (Å²) in [5.74, 6) is 1.60. The maximum absolute atomic E-state index is 11.0. The quantitative estimate of drug-likeness (QED) is 0.578. The Bertz CT molecular complexity index is 624. The topological polar surface area (TPSA) is 88.5 Å². The molecule has 0 aliphatic carbocycles. The molecule has 118 valence electrons. The minimum Gasteiger partial charge on any atom is -0.459 e. The van der Waals surface area contributed by atoms with E-state index in [2.05, 4.69) is 12.2 Å². The van der Waals surface area contributed by atoms with Crippen LogP contribution in [0.1, 0.15) is 19.1 Å². The Balaban J connectivity index is 2.01. The van der Waals surface area contributed by atoms with Gasteiger partial charge in [0.05, 0.1) is 17.0 Å². The molecule has 0 bridgehead atoms. The van der Waals surface area contributed by atoms with Crippen LogP contribution < -0.4 is 5.32 Å². The molecule has 2 N–H and O–H groups in total. The normalized spacial score (nSPS) is 12.3. The summed E-state index contributed by atoms with van der Waals surface area (Å²) in [5.41, 5.74) is 0.514. The third-order valence-electron chi connectivity index (χ3n) is 3.44. The van der Waals surface area contributed by atoms with Crippen molar-refractivity contribution >= 4 is 5.69 Å². The molecule has 0 fully saturated rings. The zero-order valence-corrected chi connectivity index (χ0v) is 12.5. The molecule has 0 saturated heterocycles. The number of hydrogen-bond donors (Lipinski definition) is 2. The largest absolute Gasteiger partial charge is 0.459 e. The first-order valence-electron chi connectivity index (χ1n) is 7.26. The fourth-order valence-electron chi connectivity index (χ4n) is 2.22. The summed E-state index contributed by atoms with van der Waals surface area (Å²) in [6, 6.07) is 10.1. The van der Waals surface area contributed by atoms with Crippen LogP contribution >= 0.6 is 0 Å². The van der Waals surface area contributed by atoms with Crippen molar-refractivity contribution in [1.29, 1.82) is 0 Å². The van der Waals surface area contributed by atoms with Crippen molar-refractivity contribution in [2.24, 2.45) is 5.92 Å². The molecule has 0 saturated carbocycles. The molecule has 1 heterocycles. The first-order chi connectivity index (χ1) is 10.6. The number of hydrogen-bond acceptors (Lipinski definition) is 5. The van der Waals surface area contributed by atoms with E-state index in [4.69, 9.17) is 9.52 Å². The molecule has 0 aliphatic heterocycles. The summed E-state index contributed by atoms with van der Waals surface area (Å²) in [5, 5.41) is 23.1. The first kappa shape index (κ1) is 16.2. The Hall–Kier alpha value is -2.18. The van der Waals surface area contributed by atoms with E-state index in [1.54, 1.807) is 24.3 Å². The first-order valence-corrected chi connectivity index (χ1v) is 7.26. The van der Waals surface area contributed by atoms with Crippen LogP contribution in [-0.4, -0.2) is 23.2 Å². The van der Waals surface area contributed by atoms with Gasteiger partial charge in [0.1, 0.15) is 11.5 Å². The van der Waals surface area contributed by atoms with E-state index >= 15 is 0 Å². The number of nitro benzene ring substituents is 1. The molecule has 1 aromatic carbocycles. The summed E-state index contributed by atoms with van der Waals surface area (Å²) >= 11 is 0. The highest BCUT2D eigenvalue weighted by Crippen LogP contribution is 2.30. The van der Waals surface area contributed by atoms with Gasteiger partial charge in [0.15, 0.2) is 0 Å². The van der Waals surface area contributed by atoms with E-state index in [0.29, 0.717) is 23.8 Å². The number of furan rings is 1. The minimum absolute atomic E-state index is 0.0351. The zero-order valence-electron chi connectivity index (χ0n) is 12.5. The molecular weight excluding hydrogens is 284 g/mol. The van der Waals surface area contributed by atoms with E-state index in [-0.39, 0.29) is 12.3 Å². The second kappa shape index (κ2) is 7.72. The molecule has 0 radical (unpaired) electrons. The van der Waals surface area contributed by atoms with Crippen molar-refractivity contribution in [3.8, 4) is 11.3 Å². The Morgan fingerprint density at radius 1 is 1.32 bits per heavy atom. The predicted molar refractivity (Wildman–Crippen MR) is 83.4 cm³/mol. The van der Waals surface area contributed by atoms with Crippen molar-refractivity contribution in [2.75, 3.05) is 13.2 Å². The summed E-state index contributed by atoms with van der Waals surface area (Å²) in [6.07, 6.45) is 0.757. The van der Waals surface area contributed by atoms with Gasteiger partial charge in [0.25, 0.3) is 5.69 Å². The Morgan fingerprint density at radius 2 is 2.09 bits per heavy atom. The molecule has 1 atom stereocenters. The number of benzene rings is 1. The number of aliphatic hydroxyl groups excluding tert-OH is 1. The second-order valence-corrected chi connectivity index (χ2v) is 5.29. The van der Waals surface area contributed by atoms with Crippen LogP contribution in [0.2, 0.25) is 0 Å². The summed E-state index contributed by atoms with van der Waals surface area (Å²) in [6.45, 7) is 3.58. The van der Waals surface area contributed by atoms with Crippen LogP contribution in [0.15, 0.2) is 40.8 Å². The minimum atomic E-state index is -0.410. The van der Waals surface area contributed by atoms with Crippen molar-refractivity contribution in [3.05, 3.63) is 52.3 Å². The number of nitro groups is 1. The Labute approximate surface area is 128 Å². The molecule has 2 rings (SSSR count). The third kappa shape index (κ3) is 4.16. The number of rotatable bonds is 8. The van der Waals surface area contributed by atoms with Gasteiger partial charge in [-0.05, 0) is 37.1 Å². The average molecular weight is 304 g/mol. The molecule has 0 aliphatic rings. The maximum atomic E-state index is 11.0. The van der Waals surface area contributed by atoms with Gasteiger partial charge in [0.2, 0.25) is 0 Å². The summed E-state index contributed by atoms with van der Waals surface area (Å²) < 4.78 is 5.69. The SMILES string of the molecule is CC(CCO)CNCc1ccc(-c2ccccc2[N+](=O)[O-])o1. The summed E-state index contributed by atoms with van der Waals surface area (Å²) in [4.78, 5) is 10.6. The second-order valence-electron chi connectivity index (χ2n) is 5.29. The third-order valence-corrected chi connectivity index (χ3v) is 3.44. The van der Waals surface area contributed by atoms with Crippen LogP contribution in [0.25, 0.3) is 11.3 Å². The van der Waals surface area contributed by atoms with Crippen LogP contribution in [0, 0.1) is 16.0 Å². The van der Waals surface area contributed by atoms with E-state index in [1.165, 1.54) is 6.07 Å². The molecule has 2 aromatic rings. The Morgan fingerprint density at radius 3 is 2.82 bits per heavy atom. The highest BCUT2D eigenvalue weighted by Gasteiger charge is 2.17. The number of aliphatic hydroxyl groups is 1. The number of nitrogens with zero attached hydrogens (tertiary/aromatic N) is 1. The van der Waals surface area contributed by atoms with Gasteiger partial charge < -0.3 is 14.8 Å². The van der Waals surface area contributed by atoms with E-state index in [1.807, 2.05) is 6.07 Å². The van der Waals surface area contributed by atoms with Gasteiger partial charge in [-0.15, -0.1) is 0 Å². The molecule has 0 spiro atoms. The molecular formula is C16H20N2O4. The van der Waals surface area contributed by atoms with Gasteiger partial charge in [-0.25, -0.2) is 0 Å². The maximum Gasteiger partial charge on any atom is 0.280 e. The van der Waals surface area contributed by atoms with Crippen molar-refractivity contribution in [1.82, 2.24) is 5.32 Å². The van der Waals surface area contributed by atoms with Gasteiger partial charge >= 0.3 is 0 Å². The van der Waals surface area contributed by atoms with Gasteiger partial charge in [0, 0.05) is 12.7 Å². The molecule has 1 aromatic heterocycles. The van der Waals surface area contributed by atoms with Crippen LogP contribution in [-0.2, 0) is 6.54 Å². The van der Waals surface area contributed by atoms with Crippen LogP contribution in [0.5, 0.6) is 0 Å². The lowest BCUT2D eigenvalue weighted by Gasteiger charge is -2.09. The molecule has 1 unspecified atom stereocenters. The number of para-hydroxylation sites is 1. The average Bonchev–Trinajstić information content (AvgIpc) is 2.96. The van der Waals surface area contributed by atoms with E-state index in [9.17, 15) is 10.1 Å². The lowest BCUT2D eigenvalue weighted by molar-refractivity contribution is -0.384. The smallest absolute Gasteiger partial charge is 0.280 e. The van der Waals surface area contributed by atoms with Crippen LogP contribution in [0.4, 0.5) is 5.69 Å². The fraction of sp³-hybridized carbons (Fsp3) is 0.375. The molecule has 22 heavy (non-hydrogen) atoms. The molecule has 0 amide bonds. The van der Waals surface area contributed by atoms with Gasteiger partial charge in [-0.2, -0.15) is 0 Å². The van der Waals surface area contributed by atoms with Gasteiger partial charge in [-0.3, -0.25) is 10.1 Å². The fourth-order valence-corrected chi connectivity index (χ4v) is 2.22. The predicted octanol–water partition coefficient (Wildman–Crippen LogP) is 2.96. The molecule has 6 nitrogen and oxygen atoms in total. The Kier molecular flexibility index (Phi) is 5.68. The van der Waals surface area contributed by atoms with Crippen LogP contribution in [0.3, 0.4) is 0 Å². The van der Waals surface area contributed by atoms with E-state index in [0.717, 1.165) is 18.7 Å². The lowest BCUT2D eigenvalue weighted by Crippen LogP contribution is -2.21. The number of nitrogens with one attached hydrogen (secondary N) is 1. The highest BCUT2D eigenvalue weighted by molar-refractivity contribution is 5.69. The highest BCUT2D eigenvalue weighted by atomic mass is 16.6. The van der Waals surface area contributed by atoms with Crippen molar-refractivity contribution < 1.29 is 14.4 Å². The van der Waals surface area contributed by atoms with Crippen molar-refractivity contribution in [2.45, 2.75) is 19.9 Å². The van der Waals surface area contributed by atoms with Crippen molar-refractivity contribution in [3.63, 3.8) is 0 Å². The zero-order chi connectivity index (χ0) is 15.9.